The molecule has 0 bridgehead atoms. The zero-order valence-corrected chi connectivity index (χ0v) is 14.2. The summed E-state index contributed by atoms with van der Waals surface area (Å²) in [5.74, 6) is -0.558. The second kappa shape index (κ2) is 5.73. The predicted octanol–water partition coefficient (Wildman–Crippen LogP) is 2.62. The molecule has 0 saturated heterocycles. The largest absolute Gasteiger partial charge is 0.465 e. The molecule has 0 aliphatic heterocycles. The monoisotopic (exact) mass is 344 g/mol. The van der Waals surface area contributed by atoms with Crippen LogP contribution < -0.4 is 4.72 Å². The van der Waals surface area contributed by atoms with E-state index in [0.717, 1.165) is 11.3 Å². The Labute approximate surface area is 132 Å². The Bertz CT molecular complexity index is 783. The van der Waals surface area contributed by atoms with Gasteiger partial charge in [0.15, 0.2) is 0 Å². The van der Waals surface area contributed by atoms with Gasteiger partial charge in [0.25, 0.3) is 10.0 Å². The minimum absolute atomic E-state index is 0.0238. The number of carbonyl (C=O) groups excluding carboxylic acids is 1. The maximum absolute atomic E-state index is 12.2. The van der Waals surface area contributed by atoms with E-state index in [1.807, 2.05) is 20.8 Å². The second-order valence-corrected chi connectivity index (χ2v) is 8.16. The van der Waals surface area contributed by atoms with Crippen LogP contribution in [0.3, 0.4) is 0 Å². The number of anilines is 1. The lowest BCUT2D eigenvalue weighted by molar-refractivity contribution is 0.0606. The number of hydrogen-bond acceptors (Lipinski definition) is 7. The van der Waals surface area contributed by atoms with Crippen molar-refractivity contribution in [3.05, 3.63) is 28.1 Å². The molecule has 0 fully saturated rings. The van der Waals surface area contributed by atoms with Crippen LogP contribution >= 0.6 is 11.3 Å². The Balaban J connectivity index is 2.23. The maximum Gasteiger partial charge on any atom is 0.348 e. The molecule has 0 saturated carbocycles. The number of nitrogens with one attached hydrogen (secondary N) is 1. The Morgan fingerprint density at radius 2 is 2.05 bits per heavy atom. The van der Waals surface area contributed by atoms with E-state index in [9.17, 15) is 13.2 Å². The van der Waals surface area contributed by atoms with Crippen LogP contribution in [0.4, 0.5) is 5.88 Å². The summed E-state index contributed by atoms with van der Waals surface area (Å²) in [7, 11) is -2.61. The van der Waals surface area contributed by atoms with E-state index < -0.39 is 16.0 Å². The minimum Gasteiger partial charge on any atom is -0.465 e. The number of sulfonamides is 1. The lowest BCUT2D eigenvalue weighted by Crippen LogP contribution is -2.12. The van der Waals surface area contributed by atoms with Gasteiger partial charge in [-0.15, -0.1) is 11.3 Å². The zero-order valence-electron chi connectivity index (χ0n) is 12.5. The molecular weight excluding hydrogens is 328 g/mol. The lowest BCUT2D eigenvalue weighted by atomic mass is 9.92. The number of rotatable bonds is 4. The molecule has 0 aliphatic carbocycles. The Kier molecular flexibility index (Phi) is 4.30. The Hall–Kier alpha value is -1.87. The van der Waals surface area contributed by atoms with Gasteiger partial charge < -0.3 is 9.26 Å². The van der Waals surface area contributed by atoms with Gasteiger partial charge in [0, 0.05) is 16.9 Å². The summed E-state index contributed by atoms with van der Waals surface area (Å²) in [5, 5.41) is 5.20. The molecule has 0 amide bonds. The average Bonchev–Trinajstić information content (AvgIpc) is 3.05. The first-order valence-corrected chi connectivity index (χ1v) is 8.66. The van der Waals surface area contributed by atoms with E-state index in [1.165, 1.54) is 24.6 Å². The minimum atomic E-state index is -3.85. The van der Waals surface area contributed by atoms with Gasteiger partial charge in [0.05, 0.1) is 17.7 Å². The maximum atomic E-state index is 12.2. The van der Waals surface area contributed by atoms with Gasteiger partial charge in [-0.1, -0.05) is 25.9 Å². The van der Waals surface area contributed by atoms with Gasteiger partial charge in [0.2, 0.25) is 5.88 Å². The fraction of sp³-hybridized carbons (Fsp3) is 0.385. The molecule has 2 heterocycles. The summed E-state index contributed by atoms with van der Waals surface area (Å²) >= 11 is 0.989. The van der Waals surface area contributed by atoms with Gasteiger partial charge in [-0.3, -0.25) is 0 Å². The summed E-state index contributed by atoms with van der Waals surface area (Å²) in [6, 6.07) is 2.78. The number of hydrogen-bond donors (Lipinski definition) is 1. The first-order valence-electron chi connectivity index (χ1n) is 6.30. The van der Waals surface area contributed by atoms with E-state index in [-0.39, 0.29) is 21.1 Å². The van der Waals surface area contributed by atoms with Gasteiger partial charge in [-0.05, 0) is 6.07 Å². The fourth-order valence-electron chi connectivity index (χ4n) is 1.54. The first-order chi connectivity index (χ1) is 10.1. The number of carbonyl (C=O) groups is 1. The molecule has 1 N–H and O–H groups in total. The molecule has 0 atom stereocenters. The van der Waals surface area contributed by atoms with Crippen molar-refractivity contribution in [2.24, 2.45) is 0 Å². The smallest absolute Gasteiger partial charge is 0.348 e. The number of nitrogens with zero attached hydrogens (tertiary/aromatic N) is 1. The molecule has 0 aromatic carbocycles. The van der Waals surface area contributed by atoms with Crippen molar-refractivity contribution in [1.82, 2.24) is 5.16 Å². The molecule has 0 unspecified atom stereocenters. The quantitative estimate of drug-likeness (QED) is 0.856. The van der Waals surface area contributed by atoms with E-state index in [4.69, 9.17) is 4.52 Å². The van der Waals surface area contributed by atoms with Crippen LogP contribution in [0.2, 0.25) is 0 Å². The fourth-order valence-corrected chi connectivity index (χ4v) is 3.70. The van der Waals surface area contributed by atoms with Crippen LogP contribution in [0.15, 0.2) is 26.9 Å². The van der Waals surface area contributed by atoms with Crippen molar-refractivity contribution >= 4 is 33.2 Å². The molecular formula is C13H16N2O5S2. The topological polar surface area (TPSA) is 98.5 Å². The highest BCUT2D eigenvalue weighted by atomic mass is 32.2. The highest BCUT2D eigenvalue weighted by molar-refractivity contribution is 7.92. The van der Waals surface area contributed by atoms with Crippen LogP contribution in [-0.4, -0.2) is 26.7 Å². The summed E-state index contributed by atoms with van der Waals surface area (Å²) < 4.78 is 36.3. The summed E-state index contributed by atoms with van der Waals surface area (Å²) in [6.45, 7) is 5.81. The van der Waals surface area contributed by atoms with Crippen LogP contribution in [0.5, 0.6) is 0 Å². The zero-order chi connectivity index (χ0) is 16.5. The summed E-state index contributed by atoms with van der Waals surface area (Å²) in [4.78, 5) is 11.5. The summed E-state index contributed by atoms with van der Waals surface area (Å²) in [6.07, 6.45) is 0. The van der Waals surface area contributed by atoms with Crippen molar-refractivity contribution in [2.45, 2.75) is 31.1 Å². The van der Waals surface area contributed by atoms with Gasteiger partial charge in [0.1, 0.15) is 4.88 Å². The molecule has 2 aromatic heterocycles. The molecule has 2 aromatic rings. The van der Waals surface area contributed by atoms with Crippen LogP contribution in [0.1, 0.15) is 36.1 Å². The van der Waals surface area contributed by atoms with Crippen LogP contribution in [0.25, 0.3) is 0 Å². The van der Waals surface area contributed by atoms with Gasteiger partial charge >= 0.3 is 5.97 Å². The van der Waals surface area contributed by atoms with E-state index in [0.29, 0.717) is 5.69 Å². The van der Waals surface area contributed by atoms with E-state index in [2.05, 4.69) is 14.6 Å². The van der Waals surface area contributed by atoms with Crippen molar-refractivity contribution in [3.8, 4) is 0 Å². The van der Waals surface area contributed by atoms with Gasteiger partial charge in [-0.25, -0.2) is 17.9 Å². The molecule has 120 valence electrons. The molecule has 22 heavy (non-hydrogen) atoms. The molecule has 2 rings (SSSR count). The van der Waals surface area contributed by atoms with Crippen molar-refractivity contribution in [1.29, 1.82) is 0 Å². The molecule has 0 spiro atoms. The number of methoxy groups -OCH3 is 1. The lowest BCUT2D eigenvalue weighted by Gasteiger charge is -2.12. The van der Waals surface area contributed by atoms with Crippen LogP contribution in [-0.2, 0) is 20.2 Å². The highest BCUT2D eigenvalue weighted by Gasteiger charge is 2.23. The molecule has 0 aliphatic rings. The molecule has 7 nitrogen and oxygen atoms in total. The standard InChI is InChI=1S/C13H16N2O5S2/c1-13(2,3)10-6-11(20-14-10)15-22(17,18)8-5-9(21-7-8)12(16)19-4/h5-7,15H,1-4H3. The van der Waals surface area contributed by atoms with E-state index >= 15 is 0 Å². The Morgan fingerprint density at radius 3 is 2.59 bits per heavy atom. The SMILES string of the molecule is COC(=O)c1cc(S(=O)(=O)Nc2cc(C(C)(C)C)no2)cs1. The van der Waals surface area contributed by atoms with E-state index in [1.54, 1.807) is 0 Å². The predicted molar refractivity (Wildman–Crippen MR) is 81.7 cm³/mol. The number of aromatic nitrogens is 1. The highest BCUT2D eigenvalue weighted by Crippen LogP contribution is 2.26. The molecule has 9 heteroatoms. The second-order valence-electron chi connectivity index (χ2n) is 5.57. The van der Waals surface area contributed by atoms with Crippen molar-refractivity contribution < 1.29 is 22.5 Å². The number of esters is 1. The first kappa shape index (κ1) is 16.5. The molecule has 0 radical (unpaired) electrons. The average molecular weight is 344 g/mol. The van der Waals surface area contributed by atoms with Crippen molar-refractivity contribution in [3.63, 3.8) is 0 Å². The van der Waals surface area contributed by atoms with Crippen LogP contribution in [0, 0.1) is 0 Å². The number of thiophene rings is 1. The normalized spacial score (nSPS) is 12.2. The third kappa shape index (κ3) is 3.47. The van der Waals surface area contributed by atoms with Gasteiger partial charge in [-0.2, -0.15) is 0 Å². The summed E-state index contributed by atoms with van der Waals surface area (Å²) in [5.41, 5.74) is 0.374. The van der Waals surface area contributed by atoms with Crippen molar-refractivity contribution in [2.75, 3.05) is 11.8 Å². The third-order valence-electron chi connectivity index (χ3n) is 2.79. The Morgan fingerprint density at radius 1 is 1.36 bits per heavy atom. The number of ether oxygens (including phenoxy) is 1. The third-order valence-corrected chi connectivity index (χ3v) is 5.17.